The zero-order chi connectivity index (χ0) is 28.6. The van der Waals surface area contributed by atoms with E-state index in [2.05, 4.69) is 9.71 Å². The first-order valence-corrected chi connectivity index (χ1v) is 14.6. The molecule has 0 unspecified atom stereocenters. The van der Waals surface area contributed by atoms with Crippen LogP contribution in [-0.2, 0) is 10.0 Å². The molecule has 5 aromatic rings. The standard InChI is InChI=1S/C32H27FN3O4S/c1-39-30-18-27-23(12-14-35-29(27)19-31(30)40-15-5-13-34)25-17-26(25)24-11-10-21(16-28(24)33)36-41(37,38)32-9-4-7-20-6-2-3-8-22(20)32/h2-4,6-12,14,16-19,36H,5,13,15,34H2,1H3. The number of methoxy groups -OCH3 is 1. The second-order valence-corrected chi connectivity index (χ2v) is 11.3. The number of pyridine rings is 1. The second-order valence-electron chi connectivity index (χ2n) is 9.62. The normalized spacial score (nSPS) is 13.0. The van der Waals surface area contributed by atoms with E-state index in [4.69, 9.17) is 15.2 Å². The molecule has 0 fully saturated rings. The van der Waals surface area contributed by atoms with Crippen LogP contribution in [0.1, 0.15) is 17.5 Å². The lowest BCUT2D eigenvalue weighted by Crippen LogP contribution is -2.13. The van der Waals surface area contributed by atoms with E-state index in [1.807, 2.05) is 42.8 Å². The van der Waals surface area contributed by atoms with Gasteiger partial charge in [-0.3, -0.25) is 9.71 Å². The summed E-state index contributed by atoms with van der Waals surface area (Å²) < 4.78 is 55.6. The van der Waals surface area contributed by atoms with Crippen LogP contribution in [-0.4, -0.2) is 33.7 Å². The number of hydrogen-bond donors (Lipinski definition) is 2. The van der Waals surface area contributed by atoms with Gasteiger partial charge in [-0.2, -0.15) is 0 Å². The maximum absolute atomic E-state index is 15.3. The van der Waals surface area contributed by atoms with Crippen LogP contribution in [0.2, 0.25) is 0 Å². The third kappa shape index (κ3) is 5.21. The monoisotopic (exact) mass is 568 g/mol. The molecule has 0 bridgehead atoms. The molecular formula is C32H27FN3O4S. The number of anilines is 1. The maximum atomic E-state index is 15.3. The van der Waals surface area contributed by atoms with Crippen molar-refractivity contribution in [3.05, 3.63) is 108 Å². The minimum atomic E-state index is -3.94. The highest BCUT2D eigenvalue weighted by Gasteiger charge is 2.29. The Bertz CT molecular complexity index is 1930. The molecule has 0 spiro atoms. The van der Waals surface area contributed by atoms with Crippen molar-refractivity contribution in [1.29, 1.82) is 0 Å². The molecule has 7 nitrogen and oxygen atoms in total. The number of aromatic nitrogens is 1. The lowest BCUT2D eigenvalue weighted by atomic mass is 10.1. The van der Waals surface area contributed by atoms with Gasteiger partial charge in [-0.25, -0.2) is 12.8 Å². The Labute approximate surface area is 237 Å². The van der Waals surface area contributed by atoms with Crippen LogP contribution in [0.4, 0.5) is 10.1 Å². The molecule has 1 aliphatic rings. The van der Waals surface area contributed by atoms with E-state index in [-0.39, 0.29) is 10.6 Å². The fourth-order valence-electron chi connectivity index (χ4n) is 4.92. The second kappa shape index (κ2) is 10.8. The summed E-state index contributed by atoms with van der Waals surface area (Å²) in [6.07, 6.45) is 4.31. The van der Waals surface area contributed by atoms with Gasteiger partial charge in [0.15, 0.2) is 11.5 Å². The predicted octanol–water partition coefficient (Wildman–Crippen LogP) is 6.19. The molecule has 1 radical (unpaired) electrons. The maximum Gasteiger partial charge on any atom is 0.262 e. The van der Waals surface area contributed by atoms with Gasteiger partial charge in [0.05, 0.1) is 29.8 Å². The minimum Gasteiger partial charge on any atom is -0.493 e. The molecule has 1 heterocycles. The van der Waals surface area contributed by atoms with Gasteiger partial charge in [-0.05, 0) is 71.5 Å². The zero-order valence-corrected chi connectivity index (χ0v) is 23.0. The molecule has 0 saturated heterocycles. The first-order valence-electron chi connectivity index (χ1n) is 13.1. The van der Waals surface area contributed by atoms with E-state index in [1.165, 1.54) is 12.1 Å². The zero-order valence-electron chi connectivity index (χ0n) is 22.2. The highest BCUT2D eigenvalue weighted by Crippen LogP contribution is 2.49. The number of ether oxygens (including phenoxy) is 2. The van der Waals surface area contributed by atoms with Gasteiger partial charge in [-0.1, -0.05) is 36.4 Å². The Morgan fingerprint density at radius 2 is 1.71 bits per heavy atom. The van der Waals surface area contributed by atoms with Crippen molar-refractivity contribution in [3.8, 4) is 11.5 Å². The summed E-state index contributed by atoms with van der Waals surface area (Å²) in [5.41, 5.74) is 9.31. The van der Waals surface area contributed by atoms with Crippen LogP contribution in [0.3, 0.4) is 0 Å². The van der Waals surface area contributed by atoms with E-state index >= 15 is 4.39 Å². The average Bonchev–Trinajstić information content (AvgIpc) is 3.76. The van der Waals surface area contributed by atoms with Crippen molar-refractivity contribution in [2.45, 2.75) is 11.3 Å². The third-order valence-electron chi connectivity index (χ3n) is 6.97. The number of hydrogen-bond acceptors (Lipinski definition) is 6. The van der Waals surface area contributed by atoms with Crippen LogP contribution < -0.4 is 19.9 Å². The Hall–Kier alpha value is -4.47. The molecule has 4 aromatic carbocycles. The molecule has 207 valence electrons. The molecule has 3 N–H and O–H groups in total. The lowest BCUT2D eigenvalue weighted by Gasteiger charge is -2.12. The predicted molar refractivity (Wildman–Crippen MR) is 160 cm³/mol. The highest BCUT2D eigenvalue weighted by atomic mass is 32.2. The van der Waals surface area contributed by atoms with Crippen molar-refractivity contribution in [3.63, 3.8) is 0 Å². The lowest BCUT2D eigenvalue weighted by molar-refractivity contribution is 0.292. The van der Waals surface area contributed by atoms with Gasteiger partial charge in [0.1, 0.15) is 5.82 Å². The van der Waals surface area contributed by atoms with Crippen molar-refractivity contribution in [1.82, 2.24) is 4.98 Å². The van der Waals surface area contributed by atoms with Crippen molar-refractivity contribution in [2.75, 3.05) is 25.0 Å². The van der Waals surface area contributed by atoms with Crippen molar-refractivity contribution < 1.29 is 22.3 Å². The van der Waals surface area contributed by atoms with Crippen LogP contribution in [0, 0.1) is 12.2 Å². The third-order valence-corrected chi connectivity index (χ3v) is 8.41. The number of fused-ring (bicyclic) bond motifs is 2. The first kappa shape index (κ1) is 26.7. The number of rotatable bonds is 10. The molecule has 9 heteroatoms. The van der Waals surface area contributed by atoms with Crippen LogP contribution >= 0.6 is 0 Å². The van der Waals surface area contributed by atoms with Crippen molar-refractivity contribution >= 4 is 48.5 Å². The molecule has 0 amide bonds. The minimum absolute atomic E-state index is 0.133. The molecule has 0 atom stereocenters. The first-order chi connectivity index (χ1) is 19.9. The van der Waals surface area contributed by atoms with Gasteiger partial charge < -0.3 is 15.2 Å². The van der Waals surface area contributed by atoms with Crippen LogP contribution in [0.25, 0.3) is 32.8 Å². The van der Waals surface area contributed by atoms with Crippen molar-refractivity contribution in [2.24, 2.45) is 5.73 Å². The molecule has 1 aliphatic carbocycles. The fourth-order valence-corrected chi connectivity index (χ4v) is 6.20. The van der Waals surface area contributed by atoms with E-state index in [9.17, 15) is 8.42 Å². The summed E-state index contributed by atoms with van der Waals surface area (Å²) in [6.45, 7) is 0.993. The van der Waals surface area contributed by atoms with Gasteiger partial charge in [0.25, 0.3) is 10.0 Å². The van der Waals surface area contributed by atoms with Crippen LogP contribution in [0.5, 0.6) is 11.5 Å². The Morgan fingerprint density at radius 1 is 0.902 bits per heavy atom. The van der Waals surface area contributed by atoms with E-state index in [0.717, 1.165) is 39.4 Å². The molecule has 1 aromatic heterocycles. The Balaban J connectivity index is 1.29. The molecule has 0 saturated carbocycles. The summed E-state index contributed by atoms with van der Waals surface area (Å²) >= 11 is 0. The average molecular weight is 569 g/mol. The molecule has 41 heavy (non-hydrogen) atoms. The molecule has 6 rings (SSSR count). The van der Waals surface area contributed by atoms with E-state index < -0.39 is 15.8 Å². The summed E-state index contributed by atoms with van der Waals surface area (Å²) in [7, 11) is -2.37. The number of sulfonamides is 1. The molecular weight excluding hydrogens is 541 g/mol. The summed E-state index contributed by atoms with van der Waals surface area (Å²) in [6, 6.07) is 22.2. The number of nitrogens with two attached hydrogens (primary N) is 1. The number of halogens is 1. The Kier molecular flexibility index (Phi) is 7.07. The fraction of sp³-hybridized carbons (Fsp3) is 0.125. The van der Waals surface area contributed by atoms with Gasteiger partial charge >= 0.3 is 0 Å². The Morgan fingerprint density at radius 3 is 2.51 bits per heavy atom. The van der Waals surface area contributed by atoms with Gasteiger partial charge in [-0.15, -0.1) is 0 Å². The smallest absolute Gasteiger partial charge is 0.262 e. The summed E-state index contributed by atoms with van der Waals surface area (Å²) in [5.74, 6) is 0.621. The van der Waals surface area contributed by atoms with E-state index in [0.29, 0.717) is 35.6 Å². The number of nitrogens with one attached hydrogen (secondary N) is 1. The molecule has 0 aliphatic heterocycles. The number of benzene rings is 4. The largest absolute Gasteiger partial charge is 0.493 e. The number of nitrogens with zero attached hydrogens (tertiary/aromatic N) is 1. The van der Waals surface area contributed by atoms with Gasteiger partial charge in [0.2, 0.25) is 0 Å². The topological polar surface area (TPSA) is 104 Å². The highest BCUT2D eigenvalue weighted by molar-refractivity contribution is 7.93. The quantitative estimate of drug-likeness (QED) is 0.195. The number of allylic oxidation sites excluding steroid dienone is 2. The summed E-state index contributed by atoms with van der Waals surface area (Å²) in [5, 5.41) is 2.24. The SMILES string of the molecule is COc1cc2c(C3=C(c4ccc(NS(=O)(=O)c5cccc6ccccc56)cc4F)[CH]3)ccnc2cc1OCCCN. The van der Waals surface area contributed by atoms with E-state index in [1.54, 1.807) is 43.6 Å². The van der Waals surface area contributed by atoms with Crippen LogP contribution in [0.15, 0.2) is 90.0 Å². The summed E-state index contributed by atoms with van der Waals surface area (Å²) in [4.78, 5) is 4.62. The van der Waals surface area contributed by atoms with Gasteiger partial charge in [0, 0.05) is 35.0 Å².